The molecular formula is C9H6N3O2. The predicted molar refractivity (Wildman–Crippen MR) is 48.9 cm³/mol. The van der Waals surface area contributed by atoms with E-state index in [4.69, 9.17) is 11.7 Å². The second-order valence-electron chi connectivity index (χ2n) is 2.51. The van der Waals surface area contributed by atoms with Crippen molar-refractivity contribution in [3.05, 3.63) is 34.5 Å². The number of hydrogen-bond donors (Lipinski definition) is 0. The van der Waals surface area contributed by atoms with Gasteiger partial charge in [0.05, 0.1) is 35.7 Å². The summed E-state index contributed by atoms with van der Waals surface area (Å²) in [6, 6.07) is 1.74. The van der Waals surface area contributed by atoms with Crippen molar-refractivity contribution in [3.63, 3.8) is 0 Å². The molecule has 0 unspecified atom stereocenters. The Morgan fingerprint density at radius 2 is 2.43 bits per heavy atom. The molecule has 1 radical (unpaired) electrons. The maximum absolute atomic E-state index is 10.5. The van der Waals surface area contributed by atoms with Crippen molar-refractivity contribution in [1.82, 2.24) is 4.57 Å². The summed E-state index contributed by atoms with van der Waals surface area (Å²) < 4.78 is 1.49. The molecule has 0 aliphatic carbocycles. The molecule has 0 bridgehead atoms. The van der Waals surface area contributed by atoms with Gasteiger partial charge in [0.2, 0.25) is 0 Å². The summed E-state index contributed by atoms with van der Waals surface area (Å²) in [6.45, 7) is 0.250. The number of rotatable bonds is 3. The Labute approximate surface area is 80.7 Å². The summed E-state index contributed by atoms with van der Waals surface area (Å²) in [5, 5.41) is 18.9. The van der Waals surface area contributed by atoms with Crippen molar-refractivity contribution in [3.8, 4) is 18.4 Å². The summed E-state index contributed by atoms with van der Waals surface area (Å²) in [4.78, 5) is 9.98. The standard InChI is InChI=1S/C9H6N3O2/c1-2-5-11-6-8(3-4-10)9(7-11)12(13)14/h1,3,6-7H,5H2. The van der Waals surface area contributed by atoms with Crippen LogP contribution >= 0.6 is 0 Å². The second kappa shape index (κ2) is 4.11. The number of terminal acetylenes is 1. The van der Waals surface area contributed by atoms with Crippen LogP contribution in [0.3, 0.4) is 0 Å². The van der Waals surface area contributed by atoms with E-state index >= 15 is 0 Å². The van der Waals surface area contributed by atoms with E-state index in [-0.39, 0.29) is 17.8 Å². The van der Waals surface area contributed by atoms with Gasteiger partial charge in [-0.25, -0.2) is 0 Å². The third kappa shape index (κ3) is 1.90. The Bertz CT molecular complexity index is 434. The van der Waals surface area contributed by atoms with Gasteiger partial charge in [-0.05, 0) is 0 Å². The average molecular weight is 188 g/mol. The van der Waals surface area contributed by atoms with E-state index in [9.17, 15) is 10.1 Å². The predicted octanol–water partition coefficient (Wildman–Crippen LogP) is 1.11. The van der Waals surface area contributed by atoms with E-state index in [0.717, 1.165) is 6.42 Å². The zero-order chi connectivity index (χ0) is 10.6. The minimum Gasteiger partial charge on any atom is -0.336 e. The van der Waals surface area contributed by atoms with Crippen LogP contribution in [0.5, 0.6) is 0 Å². The van der Waals surface area contributed by atoms with Gasteiger partial charge in [-0.1, -0.05) is 5.92 Å². The normalized spacial score (nSPS) is 9.00. The maximum atomic E-state index is 10.5. The van der Waals surface area contributed by atoms with Gasteiger partial charge < -0.3 is 4.57 Å². The van der Waals surface area contributed by atoms with E-state index in [2.05, 4.69) is 5.92 Å². The molecule has 0 fully saturated rings. The van der Waals surface area contributed by atoms with Crippen molar-refractivity contribution in [1.29, 1.82) is 5.26 Å². The average Bonchev–Trinajstić information content (AvgIpc) is 2.49. The Kier molecular flexibility index (Phi) is 2.88. The van der Waals surface area contributed by atoms with Crippen molar-refractivity contribution < 1.29 is 4.92 Å². The molecule has 5 nitrogen and oxygen atoms in total. The van der Waals surface area contributed by atoms with Gasteiger partial charge >= 0.3 is 0 Å². The highest BCUT2D eigenvalue weighted by molar-refractivity contribution is 5.46. The molecule has 1 aromatic rings. The Morgan fingerprint density at radius 1 is 1.71 bits per heavy atom. The van der Waals surface area contributed by atoms with Crippen LogP contribution in [0.15, 0.2) is 12.4 Å². The minimum atomic E-state index is -0.545. The third-order valence-electron chi connectivity index (χ3n) is 1.58. The fraction of sp³-hybridized carbons (Fsp3) is 0.111. The van der Waals surface area contributed by atoms with Crippen LogP contribution in [0, 0.1) is 40.2 Å². The summed E-state index contributed by atoms with van der Waals surface area (Å²) in [5.41, 5.74) is 0.162. The molecule has 1 rings (SSSR count). The summed E-state index contributed by atoms with van der Waals surface area (Å²) in [5.74, 6) is 2.35. The van der Waals surface area contributed by atoms with Gasteiger partial charge in [0.25, 0.3) is 5.69 Å². The van der Waals surface area contributed by atoms with Crippen molar-refractivity contribution in [2.75, 3.05) is 0 Å². The van der Waals surface area contributed by atoms with Crippen LogP contribution in [0.2, 0.25) is 0 Å². The first-order valence-corrected chi connectivity index (χ1v) is 3.69. The van der Waals surface area contributed by atoms with Crippen LogP contribution in [0.4, 0.5) is 5.69 Å². The lowest BCUT2D eigenvalue weighted by molar-refractivity contribution is -0.385. The van der Waals surface area contributed by atoms with E-state index in [1.54, 1.807) is 6.07 Å². The highest BCUT2D eigenvalue weighted by Gasteiger charge is 2.16. The molecule has 0 aliphatic heterocycles. The first-order valence-electron chi connectivity index (χ1n) is 3.69. The Balaban J connectivity index is 3.08. The lowest BCUT2D eigenvalue weighted by Crippen LogP contribution is -1.90. The smallest absolute Gasteiger partial charge is 0.291 e. The van der Waals surface area contributed by atoms with Crippen molar-refractivity contribution >= 4 is 5.69 Å². The number of nitrogens with zero attached hydrogens (tertiary/aromatic N) is 3. The van der Waals surface area contributed by atoms with E-state index < -0.39 is 4.92 Å². The van der Waals surface area contributed by atoms with Crippen molar-refractivity contribution in [2.45, 2.75) is 6.54 Å². The number of nitro groups is 1. The summed E-state index contributed by atoms with van der Waals surface area (Å²) in [7, 11) is 0. The van der Waals surface area contributed by atoms with Gasteiger partial charge in [0.1, 0.15) is 0 Å². The second-order valence-corrected chi connectivity index (χ2v) is 2.51. The fourth-order valence-electron chi connectivity index (χ4n) is 1.04. The van der Waals surface area contributed by atoms with Gasteiger partial charge in [0.15, 0.2) is 0 Å². The Hall–Kier alpha value is -2.27. The fourth-order valence-corrected chi connectivity index (χ4v) is 1.04. The van der Waals surface area contributed by atoms with Gasteiger partial charge in [0, 0.05) is 6.20 Å². The molecular weight excluding hydrogens is 182 g/mol. The van der Waals surface area contributed by atoms with Gasteiger partial charge in [-0.15, -0.1) is 6.42 Å². The van der Waals surface area contributed by atoms with E-state index in [0.29, 0.717) is 0 Å². The quantitative estimate of drug-likeness (QED) is 0.405. The van der Waals surface area contributed by atoms with E-state index in [1.807, 2.05) is 0 Å². The summed E-state index contributed by atoms with van der Waals surface area (Å²) >= 11 is 0. The maximum Gasteiger partial charge on any atom is 0.291 e. The van der Waals surface area contributed by atoms with Crippen LogP contribution in [0.25, 0.3) is 0 Å². The van der Waals surface area contributed by atoms with Crippen molar-refractivity contribution in [2.24, 2.45) is 0 Å². The van der Waals surface area contributed by atoms with Gasteiger partial charge in [-0.2, -0.15) is 5.26 Å². The monoisotopic (exact) mass is 188 g/mol. The summed E-state index contributed by atoms with van der Waals surface area (Å²) in [6.07, 6.45) is 8.95. The lowest BCUT2D eigenvalue weighted by atomic mass is 10.2. The first-order chi connectivity index (χ1) is 6.69. The molecule has 0 aliphatic rings. The molecule has 0 amide bonds. The molecule has 0 aromatic carbocycles. The Morgan fingerprint density at radius 3 is 2.93 bits per heavy atom. The molecule has 0 saturated carbocycles. The highest BCUT2D eigenvalue weighted by atomic mass is 16.6. The molecule has 14 heavy (non-hydrogen) atoms. The SMILES string of the molecule is C#CCn1cc([CH]C#N)c([N+](=O)[O-])c1. The molecule has 1 aromatic heterocycles. The highest BCUT2D eigenvalue weighted by Crippen LogP contribution is 2.20. The minimum absolute atomic E-state index is 0.109. The molecule has 0 saturated heterocycles. The molecule has 69 valence electrons. The number of nitriles is 1. The molecule has 0 spiro atoms. The largest absolute Gasteiger partial charge is 0.336 e. The zero-order valence-corrected chi connectivity index (χ0v) is 7.17. The number of aromatic nitrogens is 1. The first kappa shape index (κ1) is 9.82. The van der Waals surface area contributed by atoms with E-state index in [1.165, 1.54) is 17.0 Å². The number of hydrogen-bond acceptors (Lipinski definition) is 3. The molecule has 1 heterocycles. The van der Waals surface area contributed by atoms with Crippen LogP contribution < -0.4 is 0 Å². The molecule has 5 heteroatoms. The molecule has 0 atom stereocenters. The zero-order valence-electron chi connectivity index (χ0n) is 7.17. The van der Waals surface area contributed by atoms with Crippen LogP contribution in [-0.2, 0) is 6.54 Å². The lowest BCUT2D eigenvalue weighted by Gasteiger charge is -1.89. The van der Waals surface area contributed by atoms with Gasteiger partial charge in [-0.3, -0.25) is 10.1 Å². The third-order valence-corrected chi connectivity index (χ3v) is 1.58. The van der Waals surface area contributed by atoms with Crippen LogP contribution in [-0.4, -0.2) is 9.49 Å². The molecule has 0 N–H and O–H groups in total. The van der Waals surface area contributed by atoms with Crippen LogP contribution in [0.1, 0.15) is 5.56 Å². The topological polar surface area (TPSA) is 71.9 Å².